The highest BCUT2D eigenvalue weighted by atomic mass is 35.5. The largest absolute Gasteiger partial charge is 0.480 e. The van der Waals surface area contributed by atoms with Gasteiger partial charge in [0.1, 0.15) is 6.54 Å². The molecule has 1 heterocycles. The van der Waals surface area contributed by atoms with Crippen molar-refractivity contribution in [3.05, 3.63) is 45.2 Å². The summed E-state index contributed by atoms with van der Waals surface area (Å²) < 4.78 is 1.66. The fraction of sp³-hybridized carbons (Fsp3) is 0.312. The van der Waals surface area contributed by atoms with Crippen molar-refractivity contribution in [3.63, 3.8) is 0 Å². The van der Waals surface area contributed by atoms with Gasteiger partial charge in [0.2, 0.25) is 5.91 Å². The summed E-state index contributed by atoms with van der Waals surface area (Å²) in [5.41, 5.74) is 2.88. The third-order valence-electron chi connectivity index (χ3n) is 3.71. The van der Waals surface area contributed by atoms with E-state index < -0.39 is 5.97 Å². The molecule has 2 aromatic rings. The van der Waals surface area contributed by atoms with Crippen molar-refractivity contribution in [1.29, 1.82) is 0 Å². The number of carbonyl (C=O) groups excluding carboxylic acids is 1. The van der Waals surface area contributed by atoms with Crippen molar-refractivity contribution in [2.24, 2.45) is 0 Å². The molecule has 6 nitrogen and oxygen atoms in total. The van der Waals surface area contributed by atoms with Gasteiger partial charge >= 0.3 is 5.97 Å². The summed E-state index contributed by atoms with van der Waals surface area (Å²) in [6.07, 6.45) is 0.0760. The van der Waals surface area contributed by atoms with Crippen LogP contribution in [0.4, 0.5) is 0 Å². The van der Waals surface area contributed by atoms with Gasteiger partial charge in [0.05, 0.1) is 22.8 Å². The number of amides is 1. The van der Waals surface area contributed by atoms with E-state index in [1.165, 1.54) is 11.9 Å². The second-order valence-electron chi connectivity index (χ2n) is 5.48. The summed E-state index contributed by atoms with van der Waals surface area (Å²) in [6, 6.07) is 5.09. The molecule has 0 aliphatic rings. The molecule has 1 aromatic carbocycles. The minimum absolute atomic E-state index is 0.0760. The van der Waals surface area contributed by atoms with E-state index in [2.05, 4.69) is 5.10 Å². The van der Waals surface area contributed by atoms with E-state index >= 15 is 0 Å². The average molecular weight is 370 g/mol. The molecular weight excluding hydrogens is 353 g/mol. The molecule has 0 aliphatic heterocycles. The SMILES string of the molecule is Cc1nn(-c2ccc(Cl)cc2Cl)c(C)c1CC(=O)N(C)CC(=O)O. The molecule has 1 amide bonds. The first kappa shape index (κ1) is 18.3. The molecule has 8 heteroatoms. The summed E-state index contributed by atoms with van der Waals surface area (Å²) in [6.45, 7) is 3.30. The van der Waals surface area contributed by atoms with Gasteiger partial charge < -0.3 is 10.0 Å². The molecule has 0 radical (unpaired) electrons. The van der Waals surface area contributed by atoms with E-state index in [1.54, 1.807) is 29.8 Å². The molecule has 0 aliphatic carbocycles. The van der Waals surface area contributed by atoms with Crippen LogP contribution in [0.1, 0.15) is 17.0 Å². The number of aryl methyl sites for hydroxylation is 1. The molecule has 0 saturated carbocycles. The second-order valence-corrected chi connectivity index (χ2v) is 6.32. The van der Waals surface area contributed by atoms with Crippen molar-refractivity contribution < 1.29 is 14.7 Å². The Balaban J connectivity index is 2.32. The summed E-state index contributed by atoms with van der Waals surface area (Å²) in [5, 5.41) is 14.2. The number of aromatic nitrogens is 2. The lowest BCUT2D eigenvalue weighted by atomic mass is 10.1. The highest BCUT2D eigenvalue weighted by Crippen LogP contribution is 2.27. The minimum atomic E-state index is -1.05. The van der Waals surface area contributed by atoms with E-state index in [0.29, 0.717) is 21.4 Å². The number of carboxylic acid groups (broad SMARTS) is 1. The Morgan fingerprint density at radius 1 is 1.29 bits per heavy atom. The van der Waals surface area contributed by atoms with Gasteiger partial charge in [-0.3, -0.25) is 9.59 Å². The minimum Gasteiger partial charge on any atom is -0.480 e. The molecule has 0 unspecified atom stereocenters. The third-order valence-corrected chi connectivity index (χ3v) is 4.24. The number of hydrogen-bond donors (Lipinski definition) is 1. The summed E-state index contributed by atoms with van der Waals surface area (Å²) >= 11 is 12.1. The van der Waals surface area contributed by atoms with Gasteiger partial charge in [-0.1, -0.05) is 23.2 Å². The number of carbonyl (C=O) groups is 2. The number of carboxylic acids is 1. The molecule has 0 fully saturated rings. The van der Waals surface area contributed by atoms with Gasteiger partial charge in [-0.2, -0.15) is 5.10 Å². The van der Waals surface area contributed by atoms with Crippen molar-refractivity contribution in [3.8, 4) is 5.69 Å². The zero-order chi connectivity index (χ0) is 18.0. The lowest BCUT2D eigenvalue weighted by molar-refractivity contribution is -0.143. The maximum absolute atomic E-state index is 12.2. The molecule has 128 valence electrons. The molecule has 0 atom stereocenters. The lowest BCUT2D eigenvalue weighted by Crippen LogP contribution is -2.33. The predicted molar refractivity (Wildman–Crippen MR) is 92.0 cm³/mol. The fourth-order valence-electron chi connectivity index (χ4n) is 2.40. The van der Waals surface area contributed by atoms with Crippen LogP contribution in [0.3, 0.4) is 0 Å². The van der Waals surface area contributed by atoms with Gasteiger partial charge in [0.15, 0.2) is 0 Å². The van der Waals surface area contributed by atoms with E-state index in [4.69, 9.17) is 28.3 Å². The first-order valence-electron chi connectivity index (χ1n) is 7.17. The monoisotopic (exact) mass is 369 g/mol. The van der Waals surface area contributed by atoms with Crippen molar-refractivity contribution in [2.75, 3.05) is 13.6 Å². The van der Waals surface area contributed by atoms with Gasteiger partial charge in [-0.15, -0.1) is 0 Å². The Labute approximate surface area is 149 Å². The summed E-state index contributed by atoms with van der Waals surface area (Å²) in [7, 11) is 1.46. The maximum Gasteiger partial charge on any atom is 0.323 e. The normalized spacial score (nSPS) is 10.7. The number of aliphatic carboxylic acids is 1. The Kier molecular flexibility index (Phi) is 5.51. The average Bonchev–Trinajstić information content (AvgIpc) is 2.74. The van der Waals surface area contributed by atoms with Crippen LogP contribution < -0.4 is 0 Å². The highest BCUT2D eigenvalue weighted by Gasteiger charge is 2.20. The van der Waals surface area contributed by atoms with Gasteiger partial charge in [0.25, 0.3) is 0 Å². The molecule has 0 saturated heterocycles. The van der Waals surface area contributed by atoms with Crippen LogP contribution in [-0.2, 0) is 16.0 Å². The Morgan fingerprint density at radius 3 is 2.54 bits per heavy atom. The van der Waals surface area contributed by atoms with Crippen molar-refractivity contribution in [1.82, 2.24) is 14.7 Å². The number of halogens is 2. The standard InChI is InChI=1S/C16H17Cl2N3O3/c1-9-12(7-15(22)20(3)8-16(23)24)10(2)21(19-9)14-5-4-11(17)6-13(14)18/h4-6H,7-8H2,1-3H3,(H,23,24). The maximum atomic E-state index is 12.2. The van der Waals surface area contributed by atoms with Crippen LogP contribution in [0.2, 0.25) is 10.0 Å². The molecule has 1 aromatic heterocycles. The van der Waals surface area contributed by atoms with E-state index in [9.17, 15) is 9.59 Å². The van der Waals surface area contributed by atoms with E-state index in [0.717, 1.165) is 11.3 Å². The van der Waals surface area contributed by atoms with Crippen LogP contribution in [0.5, 0.6) is 0 Å². The van der Waals surface area contributed by atoms with Gasteiger partial charge in [-0.25, -0.2) is 4.68 Å². The van der Waals surface area contributed by atoms with Gasteiger partial charge in [0, 0.05) is 23.3 Å². The smallest absolute Gasteiger partial charge is 0.323 e. The zero-order valence-electron chi connectivity index (χ0n) is 13.5. The molecule has 0 bridgehead atoms. The Hall–Kier alpha value is -2.05. The number of benzene rings is 1. The number of likely N-dealkylation sites (N-methyl/N-ethyl adjacent to an activating group) is 1. The van der Waals surface area contributed by atoms with Gasteiger partial charge in [-0.05, 0) is 32.0 Å². The zero-order valence-corrected chi connectivity index (χ0v) is 15.0. The Morgan fingerprint density at radius 2 is 1.96 bits per heavy atom. The van der Waals surface area contributed by atoms with Crippen LogP contribution >= 0.6 is 23.2 Å². The number of rotatable bonds is 5. The van der Waals surface area contributed by atoms with Crippen molar-refractivity contribution >= 4 is 35.1 Å². The number of hydrogen-bond acceptors (Lipinski definition) is 3. The molecule has 0 spiro atoms. The van der Waals surface area contributed by atoms with E-state index in [1.807, 2.05) is 6.92 Å². The molecule has 1 N–H and O–H groups in total. The van der Waals surface area contributed by atoms with E-state index in [-0.39, 0.29) is 18.9 Å². The topological polar surface area (TPSA) is 75.4 Å². The summed E-state index contributed by atoms with van der Waals surface area (Å²) in [4.78, 5) is 24.1. The first-order valence-corrected chi connectivity index (χ1v) is 7.92. The second kappa shape index (κ2) is 7.23. The van der Waals surface area contributed by atoms with Crippen LogP contribution in [0, 0.1) is 13.8 Å². The summed E-state index contributed by atoms with van der Waals surface area (Å²) in [5.74, 6) is -1.34. The van der Waals surface area contributed by atoms with Crippen molar-refractivity contribution in [2.45, 2.75) is 20.3 Å². The van der Waals surface area contributed by atoms with Crippen LogP contribution in [0.15, 0.2) is 18.2 Å². The highest BCUT2D eigenvalue weighted by molar-refractivity contribution is 6.35. The molecule has 2 rings (SSSR count). The lowest BCUT2D eigenvalue weighted by Gasteiger charge is -2.14. The van der Waals surface area contributed by atoms with Crippen LogP contribution in [0.25, 0.3) is 5.69 Å². The molecular formula is C16H17Cl2N3O3. The number of nitrogens with zero attached hydrogens (tertiary/aromatic N) is 3. The fourth-order valence-corrected chi connectivity index (χ4v) is 2.88. The third kappa shape index (κ3) is 3.88. The molecule has 24 heavy (non-hydrogen) atoms. The first-order chi connectivity index (χ1) is 11.2. The van der Waals surface area contributed by atoms with Crippen LogP contribution in [-0.4, -0.2) is 45.3 Å². The quantitative estimate of drug-likeness (QED) is 0.878. The Bertz CT molecular complexity index is 802. The predicted octanol–water partition coefficient (Wildman–Crippen LogP) is 2.88.